The number of rotatable bonds is 3. The van der Waals surface area contributed by atoms with Gasteiger partial charge in [-0.15, -0.1) is 0 Å². The minimum absolute atomic E-state index is 0.544. The number of fused-ring (bicyclic) bond motifs is 7. The third-order valence-corrected chi connectivity index (χ3v) is 7.20. The molecule has 8 rings (SSSR count). The van der Waals surface area contributed by atoms with Crippen LogP contribution in [-0.4, -0.2) is 24.5 Å². The zero-order chi connectivity index (χ0) is 26.5. The van der Waals surface area contributed by atoms with Crippen molar-refractivity contribution in [1.29, 1.82) is 0 Å². The molecular formula is C34H22N6. The lowest BCUT2D eigenvalue weighted by Gasteiger charge is -2.25. The van der Waals surface area contributed by atoms with Crippen molar-refractivity contribution in [2.24, 2.45) is 0 Å². The van der Waals surface area contributed by atoms with E-state index in [0.29, 0.717) is 17.6 Å². The summed E-state index contributed by atoms with van der Waals surface area (Å²) in [4.78, 5) is 22.3. The smallest absolute Gasteiger partial charge is 0.238 e. The van der Waals surface area contributed by atoms with Crippen LogP contribution in [0.15, 0.2) is 133 Å². The van der Waals surface area contributed by atoms with Gasteiger partial charge in [-0.1, -0.05) is 97.1 Å². The molecule has 2 aromatic heterocycles. The van der Waals surface area contributed by atoms with E-state index in [-0.39, 0.29) is 0 Å². The first-order valence-electron chi connectivity index (χ1n) is 13.2. The molecule has 7 aromatic rings. The highest BCUT2D eigenvalue weighted by Gasteiger charge is 2.30. The molecule has 0 amide bonds. The minimum atomic E-state index is 0.544. The van der Waals surface area contributed by atoms with E-state index in [2.05, 4.69) is 70.1 Å². The lowest BCUT2D eigenvalue weighted by Crippen LogP contribution is -2.16. The van der Waals surface area contributed by atoms with E-state index in [1.165, 1.54) is 0 Å². The topological polar surface area (TPSA) is 59.7 Å². The predicted octanol–water partition coefficient (Wildman–Crippen LogP) is 7.99. The normalized spacial score (nSPS) is 11.9. The van der Waals surface area contributed by atoms with Gasteiger partial charge in [-0.3, -0.25) is 9.47 Å². The summed E-state index contributed by atoms with van der Waals surface area (Å²) >= 11 is 0. The fourth-order valence-electron chi connectivity index (χ4n) is 5.39. The van der Waals surface area contributed by atoms with E-state index in [4.69, 9.17) is 19.9 Å². The van der Waals surface area contributed by atoms with E-state index in [1.807, 2.05) is 72.8 Å². The van der Waals surface area contributed by atoms with Crippen LogP contribution in [0.4, 0.5) is 17.3 Å². The molecule has 40 heavy (non-hydrogen) atoms. The molecule has 0 bridgehead atoms. The standard InChI is InChI=1S/C34H22N6/c1-3-13-23(14-4-1)31-36-32(24-15-5-2-6-16-24)38-34(37-31)40-27-19-9-7-17-25(27)33-35-26-18-8-10-20-28(26)39(33)29-21-11-12-22-30(29)40/h1-22H. The number of benzene rings is 5. The summed E-state index contributed by atoms with van der Waals surface area (Å²) < 4.78 is 2.24. The average molecular weight is 515 g/mol. The molecule has 6 heteroatoms. The first-order valence-corrected chi connectivity index (χ1v) is 13.2. The lowest BCUT2D eigenvalue weighted by atomic mass is 10.1. The Morgan fingerprint density at radius 2 is 0.975 bits per heavy atom. The summed E-state index contributed by atoms with van der Waals surface area (Å²) in [5, 5.41) is 0. The lowest BCUT2D eigenvalue weighted by molar-refractivity contribution is 1.02. The summed E-state index contributed by atoms with van der Waals surface area (Å²) in [6.45, 7) is 0. The summed E-state index contributed by atoms with van der Waals surface area (Å²) in [5.74, 6) is 2.66. The van der Waals surface area contributed by atoms with E-state index >= 15 is 0 Å². The van der Waals surface area contributed by atoms with Crippen molar-refractivity contribution in [2.75, 3.05) is 4.90 Å². The Hall–Kier alpha value is -5.62. The van der Waals surface area contributed by atoms with Crippen LogP contribution in [0.1, 0.15) is 0 Å². The third kappa shape index (κ3) is 3.50. The monoisotopic (exact) mass is 514 g/mol. The van der Waals surface area contributed by atoms with Gasteiger partial charge in [-0.2, -0.15) is 9.97 Å². The molecule has 0 fully saturated rings. The van der Waals surface area contributed by atoms with Gasteiger partial charge in [0.2, 0.25) is 5.95 Å². The van der Waals surface area contributed by atoms with E-state index in [0.717, 1.165) is 50.6 Å². The van der Waals surface area contributed by atoms with Crippen LogP contribution in [-0.2, 0) is 0 Å². The molecule has 0 spiro atoms. The molecule has 0 unspecified atom stereocenters. The molecule has 3 heterocycles. The molecule has 0 saturated carbocycles. The van der Waals surface area contributed by atoms with Crippen LogP contribution in [0.25, 0.3) is 50.9 Å². The van der Waals surface area contributed by atoms with Gasteiger partial charge < -0.3 is 0 Å². The van der Waals surface area contributed by atoms with Crippen LogP contribution < -0.4 is 4.90 Å². The second-order valence-electron chi connectivity index (χ2n) is 9.62. The largest absolute Gasteiger partial charge is 0.290 e. The summed E-state index contributed by atoms with van der Waals surface area (Å²) in [6.07, 6.45) is 0. The quantitative estimate of drug-likeness (QED) is 0.239. The van der Waals surface area contributed by atoms with Gasteiger partial charge in [0.05, 0.1) is 28.1 Å². The minimum Gasteiger partial charge on any atom is -0.290 e. The Labute approximate surface area is 230 Å². The SMILES string of the molecule is c1ccc(-c2nc(-c3ccccc3)nc(N3c4ccccc4-c4nc5ccccc5n4-c4ccccc43)n2)cc1. The number of hydrogen-bond donors (Lipinski definition) is 0. The molecule has 6 nitrogen and oxygen atoms in total. The van der Waals surface area contributed by atoms with Crippen molar-refractivity contribution in [3.63, 3.8) is 0 Å². The van der Waals surface area contributed by atoms with Crippen LogP contribution in [0.2, 0.25) is 0 Å². The van der Waals surface area contributed by atoms with Gasteiger partial charge in [0.1, 0.15) is 5.82 Å². The van der Waals surface area contributed by atoms with Gasteiger partial charge in [0.15, 0.2) is 11.6 Å². The number of nitrogens with zero attached hydrogens (tertiary/aromatic N) is 6. The van der Waals surface area contributed by atoms with Crippen molar-refractivity contribution in [3.8, 4) is 39.9 Å². The maximum Gasteiger partial charge on any atom is 0.238 e. The van der Waals surface area contributed by atoms with Crippen LogP contribution >= 0.6 is 0 Å². The maximum atomic E-state index is 5.09. The first kappa shape index (κ1) is 22.4. The Bertz CT molecular complexity index is 1960. The van der Waals surface area contributed by atoms with E-state index in [1.54, 1.807) is 0 Å². The molecule has 0 aliphatic carbocycles. The van der Waals surface area contributed by atoms with E-state index in [9.17, 15) is 0 Å². The fraction of sp³-hybridized carbons (Fsp3) is 0. The average Bonchev–Trinajstić information content (AvgIpc) is 3.36. The van der Waals surface area contributed by atoms with Crippen molar-refractivity contribution in [2.45, 2.75) is 0 Å². The molecule has 5 aromatic carbocycles. The summed E-state index contributed by atoms with van der Waals surface area (Å²) in [7, 11) is 0. The van der Waals surface area contributed by atoms with Crippen molar-refractivity contribution in [3.05, 3.63) is 133 Å². The second-order valence-corrected chi connectivity index (χ2v) is 9.62. The Morgan fingerprint density at radius 1 is 0.425 bits per heavy atom. The highest BCUT2D eigenvalue weighted by molar-refractivity contribution is 5.95. The molecule has 1 aliphatic rings. The molecule has 0 saturated heterocycles. The van der Waals surface area contributed by atoms with Crippen LogP contribution in [0, 0.1) is 0 Å². The van der Waals surface area contributed by atoms with E-state index < -0.39 is 0 Å². The molecule has 188 valence electrons. The number of aromatic nitrogens is 5. The number of hydrogen-bond acceptors (Lipinski definition) is 5. The zero-order valence-corrected chi connectivity index (χ0v) is 21.4. The predicted molar refractivity (Wildman–Crippen MR) is 159 cm³/mol. The summed E-state index contributed by atoms with van der Waals surface area (Å²) in [6, 6.07) is 45.0. The number of imidazole rings is 1. The Morgan fingerprint density at radius 3 is 1.68 bits per heavy atom. The van der Waals surface area contributed by atoms with Gasteiger partial charge in [0, 0.05) is 16.7 Å². The number of para-hydroxylation sites is 5. The van der Waals surface area contributed by atoms with Gasteiger partial charge in [-0.05, 0) is 36.4 Å². The van der Waals surface area contributed by atoms with Gasteiger partial charge >= 0.3 is 0 Å². The van der Waals surface area contributed by atoms with Crippen molar-refractivity contribution in [1.82, 2.24) is 24.5 Å². The molecule has 0 N–H and O–H groups in total. The first-order chi connectivity index (χ1) is 19.8. The maximum absolute atomic E-state index is 5.09. The summed E-state index contributed by atoms with van der Waals surface area (Å²) in [5.41, 5.74) is 7.77. The van der Waals surface area contributed by atoms with Crippen molar-refractivity contribution < 1.29 is 0 Å². The molecular weight excluding hydrogens is 492 g/mol. The molecule has 0 radical (unpaired) electrons. The van der Waals surface area contributed by atoms with Gasteiger partial charge in [-0.25, -0.2) is 9.97 Å². The van der Waals surface area contributed by atoms with Crippen LogP contribution in [0.5, 0.6) is 0 Å². The second kappa shape index (κ2) is 8.99. The molecule has 0 atom stereocenters. The van der Waals surface area contributed by atoms with Crippen LogP contribution in [0.3, 0.4) is 0 Å². The zero-order valence-electron chi connectivity index (χ0n) is 21.4. The molecule has 1 aliphatic heterocycles. The highest BCUT2D eigenvalue weighted by atomic mass is 15.3. The Balaban J connectivity index is 1.45. The van der Waals surface area contributed by atoms with Gasteiger partial charge in [0.25, 0.3) is 0 Å². The Kier molecular flexibility index (Phi) is 5.03. The number of anilines is 3. The fourth-order valence-corrected chi connectivity index (χ4v) is 5.39. The van der Waals surface area contributed by atoms with Crippen molar-refractivity contribution >= 4 is 28.4 Å². The highest BCUT2D eigenvalue weighted by Crippen LogP contribution is 2.47. The third-order valence-electron chi connectivity index (χ3n) is 7.20.